The van der Waals surface area contributed by atoms with Crippen LogP contribution in [0.4, 0.5) is 5.95 Å². The van der Waals surface area contributed by atoms with Gasteiger partial charge >= 0.3 is 0 Å². The predicted octanol–water partition coefficient (Wildman–Crippen LogP) is 3.40. The molecule has 0 unspecified atom stereocenters. The van der Waals surface area contributed by atoms with Crippen molar-refractivity contribution < 1.29 is 4.74 Å². The zero-order chi connectivity index (χ0) is 14.7. The lowest BCUT2D eigenvalue weighted by Gasteiger charge is -2.09. The molecule has 0 atom stereocenters. The molecule has 1 heterocycles. The molecule has 4 heteroatoms. The van der Waals surface area contributed by atoms with Crippen molar-refractivity contribution in [1.29, 1.82) is 0 Å². The molecule has 0 aliphatic carbocycles. The van der Waals surface area contributed by atoms with Gasteiger partial charge in [0.15, 0.2) is 0 Å². The first-order valence-electron chi connectivity index (χ1n) is 6.61. The normalized spacial score (nSPS) is 10.3. The number of aromatic nitrogens is 2. The second-order valence-corrected chi connectivity index (χ2v) is 4.56. The van der Waals surface area contributed by atoms with Crippen LogP contribution in [0, 0.1) is 0 Å². The second kappa shape index (κ2) is 5.63. The van der Waals surface area contributed by atoms with Crippen molar-refractivity contribution in [2.24, 2.45) is 0 Å². The number of hydrogen-bond donors (Lipinski definition) is 1. The summed E-state index contributed by atoms with van der Waals surface area (Å²) < 4.78 is 5.38. The van der Waals surface area contributed by atoms with Gasteiger partial charge in [-0.15, -0.1) is 0 Å². The molecule has 0 aliphatic rings. The van der Waals surface area contributed by atoms with Crippen molar-refractivity contribution in [3.8, 4) is 28.3 Å². The van der Waals surface area contributed by atoms with Crippen LogP contribution in [-0.2, 0) is 0 Å². The highest BCUT2D eigenvalue weighted by atomic mass is 16.5. The molecule has 1 aromatic heterocycles. The van der Waals surface area contributed by atoms with Gasteiger partial charge in [-0.05, 0) is 18.2 Å². The lowest BCUT2D eigenvalue weighted by Crippen LogP contribution is -1.99. The maximum atomic E-state index is 5.86. The van der Waals surface area contributed by atoms with E-state index in [1.807, 2.05) is 60.7 Å². The summed E-state index contributed by atoms with van der Waals surface area (Å²) in [4.78, 5) is 8.64. The maximum absolute atomic E-state index is 5.86. The summed E-state index contributed by atoms with van der Waals surface area (Å²) in [5, 5.41) is 0. The van der Waals surface area contributed by atoms with Gasteiger partial charge < -0.3 is 10.5 Å². The number of para-hydroxylation sites is 1. The van der Waals surface area contributed by atoms with Crippen LogP contribution in [0.25, 0.3) is 22.5 Å². The third-order valence-electron chi connectivity index (χ3n) is 3.20. The Morgan fingerprint density at radius 3 is 2.29 bits per heavy atom. The van der Waals surface area contributed by atoms with Crippen molar-refractivity contribution in [3.63, 3.8) is 0 Å². The van der Waals surface area contributed by atoms with E-state index in [0.717, 1.165) is 28.3 Å². The van der Waals surface area contributed by atoms with Crippen LogP contribution >= 0.6 is 0 Å². The Balaban J connectivity index is 2.14. The van der Waals surface area contributed by atoms with Crippen LogP contribution in [0.15, 0.2) is 60.7 Å². The van der Waals surface area contributed by atoms with Gasteiger partial charge in [-0.1, -0.05) is 42.5 Å². The molecule has 2 aromatic carbocycles. The van der Waals surface area contributed by atoms with Gasteiger partial charge in [-0.3, -0.25) is 0 Å². The van der Waals surface area contributed by atoms with Gasteiger partial charge in [0, 0.05) is 11.1 Å². The summed E-state index contributed by atoms with van der Waals surface area (Å²) in [5.41, 5.74) is 9.30. The number of benzene rings is 2. The Morgan fingerprint density at radius 1 is 0.857 bits per heavy atom. The fourth-order valence-electron chi connectivity index (χ4n) is 2.22. The molecule has 0 amide bonds. The molecule has 0 bridgehead atoms. The summed E-state index contributed by atoms with van der Waals surface area (Å²) in [6.45, 7) is 0. The number of methoxy groups -OCH3 is 1. The molecule has 0 fully saturated rings. The van der Waals surface area contributed by atoms with Crippen molar-refractivity contribution in [1.82, 2.24) is 9.97 Å². The Morgan fingerprint density at radius 2 is 1.52 bits per heavy atom. The van der Waals surface area contributed by atoms with Crippen LogP contribution in [-0.4, -0.2) is 17.1 Å². The molecule has 3 rings (SSSR count). The first kappa shape index (κ1) is 13.1. The summed E-state index contributed by atoms with van der Waals surface area (Å²) in [6, 6.07) is 19.5. The minimum Gasteiger partial charge on any atom is -0.496 e. The minimum absolute atomic E-state index is 0.247. The number of nitrogen functional groups attached to an aromatic ring is 1. The molecule has 3 aromatic rings. The maximum Gasteiger partial charge on any atom is 0.221 e. The van der Waals surface area contributed by atoms with Gasteiger partial charge in [0.1, 0.15) is 5.75 Å². The first-order chi connectivity index (χ1) is 10.3. The fourth-order valence-corrected chi connectivity index (χ4v) is 2.22. The van der Waals surface area contributed by atoms with Crippen LogP contribution in [0.2, 0.25) is 0 Å². The van der Waals surface area contributed by atoms with E-state index in [9.17, 15) is 0 Å². The number of anilines is 1. The Kier molecular flexibility index (Phi) is 3.51. The Hall–Kier alpha value is -2.88. The van der Waals surface area contributed by atoms with Crippen molar-refractivity contribution >= 4 is 5.95 Å². The monoisotopic (exact) mass is 277 g/mol. The molecule has 0 radical (unpaired) electrons. The molecule has 0 spiro atoms. The molecular weight excluding hydrogens is 262 g/mol. The average molecular weight is 277 g/mol. The zero-order valence-electron chi connectivity index (χ0n) is 11.7. The SMILES string of the molecule is COc1ccccc1-c1cc(-c2ccccc2)nc(N)n1. The van der Waals surface area contributed by atoms with E-state index in [1.165, 1.54) is 0 Å². The quantitative estimate of drug-likeness (QED) is 0.797. The van der Waals surface area contributed by atoms with Gasteiger partial charge in [0.05, 0.1) is 18.5 Å². The number of nitrogens with zero attached hydrogens (tertiary/aromatic N) is 2. The number of nitrogens with two attached hydrogens (primary N) is 1. The van der Waals surface area contributed by atoms with E-state index >= 15 is 0 Å². The lowest BCUT2D eigenvalue weighted by atomic mass is 10.1. The highest BCUT2D eigenvalue weighted by Crippen LogP contribution is 2.30. The van der Waals surface area contributed by atoms with E-state index in [0.29, 0.717) is 0 Å². The van der Waals surface area contributed by atoms with Crippen molar-refractivity contribution in [2.45, 2.75) is 0 Å². The van der Waals surface area contributed by atoms with Crippen molar-refractivity contribution in [3.05, 3.63) is 60.7 Å². The third kappa shape index (κ3) is 2.69. The van der Waals surface area contributed by atoms with Crippen LogP contribution in [0.1, 0.15) is 0 Å². The summed E-state index contributed by atoms with van der Waals surface area (Å²) in [5.74, 6) is 1.01. The lowest BCUT2D eigenvalue weighted by molar-refractivity contribution is 0.416. The van der Waals surface area contributed by atoms with Crippen LogP contribution in [0.3, 0.4) is 0 Å². The van der Waals surface area contributed by atoms with E-state index in [4.69, 9.17) is 10.5 Å². The molecule has 0 aliphatic heterocycles. The average Bonchev–Trinajstić information content (AvgIpc) is 2.55. The molecule has 21 heavy (non-hydrogen) atoms. The van der Waals surface area contributed by atoms with Gasteiger partial charge in [-0.2, -0.15) is 0 Å². The van der Waals surface area contributed by atoms with E-state index < -0.39 is 0 Å². The molecule has 104 valence electrons. The number of ether oxygens (including phenoxy) is 1. The summed E-state index contributed by atoms with van der Waals surface area (Å²) in [7, 11) is 1.64. The number of hydrogen-bond acceptors (Lipinski definition) is 4. The third-order valence-corrected chi connectivity index (χ3v) is 3.20. The van der Waals surface area contributed by atoms with Crippen LogP contribution in [0.5, 0.6) is 5.75 Å². The largest absolute Gasteiger partial charge is 0.496 e. The fraction of sp³-hybridized carbons (Fsp3) is 0.0588. The molecule has 4 nitrogen and oxygen atoms in total. The smallest absolute Gasteiger partial charge is 0.221 e. The minimum atomic E-state index is 0.247. The Bertz CT molecular complexity index is 757. The highest BCUT2D eigenvalue weighted by molar-refractivity contribution is 5.72. The predicted molar refractivity (Wildman–Crippen MR) is 83.9 cm³/mol. The van der Waals surface area contributed by atoms with Crippen molar-refractivity contribution in [2.75, 3.05) is 12.8 Å². The molecule has 0 saturated carbocycles. The molecular formula is C17H15N3O. The second-order valence-electron chi connectivity index (χ2n) is 4.56. The van der Waals surface area contributed by atoms with E-state index in [2.05, 4.69) is 9.97 Å². The standard InChI is InChI=1S/C17H15N3O/c1-21-16-10-6-5-9-13(16)15-11-14(19-17(18)20-15)12-7-3-2-4-8-12/h2-11H,1H3,(H2,18,19,20). The highest BCUT2D eigenvalue weighted by Gasteiger charge is 2.10. The topological polar surface area (TPSA) is 61.0 Å². The van der Waals surface area contributed by atoms with E-state index in [1.54, 1.807) is 7.11 Å². The van der Waals surface area contributed by atoms with Gasteiger partial charge in [0.25, 0.3) is 0 Å². The molecule has 2 N–H and O–H groups in total. The first-order valence-corrected chi connectivity index (χ1v) is 6.61. The molecule has 0 saturated heterocycles. The summed E-state index contributed by atoms with van der Waals surface area (Å²) in [6.07, 6.45) is 0. The van der Waals surface area contributed by atoms with Gasteiger partial charge in [0.2, 0.25) is 5.95 Å². The zero-order valence-corrected chi connectivity index (χ0v) is 11.7. The summed E-state index contributed by atoms with van der Waals surface area (Å²) >= 11 is 0. The Labute approximate surface area is 123 Å². The number of rotatable bonds is 3. The van der Waals surface area contributed by atoms with Gasteiger partial charge in [-0.25, -0.2) is 9.97 Å². The van der Waals surface area contributed by atoms with E-state index in [-0.39, 0.29) is 5.95 Å². The van der Waals surface area contributed by atoms with Crippen LogP contribution < -0.4 is 10.5 Å².